The third-order valence-electron chi connectivity index (χ3n) is 21.3. The van der Waals surface area contributed by atoms with Crippen LogP contribution in [0.5, 0.6) is 6.01 Å². The summed E-state index contributed by atoms with van der Waals surface area (Å²) in [6.45, 7) is 12.6. The lowest BCUT2D eigenvalue weighted by molar-refractivity contribution is -0.135. The van der Waals surface area contributed by atoms with Crippen molar-refractivity contribution in [2.45, 2.75) is 171 Å². The first-order valence-corrected chi connectivity index (χ1v) is 31.9. The number of hydrogen-bond donors (Lipinski definition) is 1. The zero-order chi connectivity index (χ0) is 61.1. The second kappa shape index (κ2) is 22.3. The smallest absolute Gasteiger partial charge is 0.410 e. The van der Waals surface area contributed by atoms with E-state index >= 15 is 13.2 Å². The molecule has 466 valence electrons. The highest BCUT2D eigenvalue weighted by atomic mass is 19.1. The Hall–Kier alpha value is -7.33. The molecule has 14 rings (SSSR count). The standard InChI is InChI=1S/C66H78F3N11O8/c1-6-44-48(67)14-11-39-9-7-10-45(54(39)44)56-55(69)57-47(33-70-56)58(77-34-40-12-13-41(35-77)79(40)63(85)88-64(2,3)4)73-60(72-57)87-37-66-20-8-24-78(66)42(17-21-66)36-86-62(84)76-27-22-65(23-28-76)31-43(32-65)75-25-18-38(19-26-75)46-29-51-52(30-49(46)68)80(61(83)74(51)5)50-15-16-53(81)71-59(50)82/h7,9-11,14,29-30,33,38,40-43,50H,6,8,12-13,15-28,31-32,34-37H2,1-5H3,(H,71,81,82)/t40?,41?,42-,50?,66+/m0/s1. The Kier molecular flexibility index (Phi) is 14.8. The van der Waals surface area contributed by atoms with Crippen molar-refractivity contribution in [3.8, 4) is 17.3 Å². The lowest BCUT2D eigenvalue weighted by Gasteiger charge is -2.56. The van der Waals surface area contributed by atoms with Gasteiger partial charge in [0.15, 0.2) is 5.82 Å². The molecule has 3 aromatic heterocycles. The van der Waals surface area contributed by atoms with Crippen LogP contribution in [0.1, 0.15) is 141 Å². The fourth-order valence-corrected chi connectivity index (χ4v) is 16.7. The van der Waals surface area contributed by atoms with Crippen molar-refractivity contribution in [3.05, 3.63) is 87.7 Å². The Morgan fingerprint density at radius 2 is 1.58 bits per heavy atom. The predicted octanol–water partition coefficient (Wildman–Crippen LogP) is 9.68. The molecule has 8 fully saturated rings. The van der Waals surface area contributed by atoms with E-state index in [9.17, 15) is 24.0 Å². The summed E-state index contributed by atoms with van der Waals surface area (Å²) < 4.78 is 70.4. The van der Waals surface area contributed by atoms with Crippen LogP contribution in [0.3, 0.4) is 0 Å². The van der Waals surface area contributed by atoms with E-state index in [1.54, 1.807) is 31.4 Å². The number of hydrogen-bond acceptors (Lipinski definition) is 14. The van der Waals surface area contributed by atoms with E-state index in [0.29, 0.717) is 83.0 Å². The Balaban J connectivity index is 0.607. The summed E-state index contributed by atoms with van der Waals surface area (Å²) in [5.41, 5.74) is 1.30. The minimum atomic E-state index is -0.875. The van der Waals surface area contributed by atoms with Gasteiger partial charge < -0.3 is 28.9 Å². The van der Waals surface area contributed by atoms with Gasteiger partial charge in [-0.25, -0.2) is 27.6 Å². The number of aromatic nitrogens is 5. The summed E-state index contributed by atoms with van der Waals surface area (Å²) in [6.07, 6.45) is 12.2. The summed E-state index contributed by atoms with van der Waals surface area (Å²) in [6, 6.07) is 11.1. The molecule has 0 radical (unpaired) electrons. The zero-order valence-electron chi connectivity index (χ0n) is 50.9. The number of carbonyl (C=O) groups excluding carboxylic acids is 4. The Morgan fingerprint density at radius 3 is 2.31 bits per heavy atom. The van der Waals surface area contributed by atoms with Gasteiger partial charge in [-0.1, -0.05) is 31.2 Å². The number of likely N-dealkylation sites (tertiary alicyclic amines) is 2. The molecule has 5 atom stereocenters. The van der Waals surface area contributed by atoms with Crippen LogP contribution in [-0.2, 0) is 32.5 Å². The number of imidazole rings is 1. The lowest BCUT2D eigenvalue weighted by Crippen LogP contribution is -2.57. The van der Waals surface area contributed by atoms with Crippen LogP contribution in [0.4, 0.5) is 28.6 Å². The van der Waals surface area contributed by atoms with Gasteiger partial charge in [-0.2, -0.15) is 9.97 Å². The van der Waals surface area contributed by atoms with Crippen LogP contribution in [0.25, 0.3) is 44.0 Å². The molecular weight excluding hydrogens is 1130 g/mol. The molecular formula is C66H78F3N11O8. The molecule has 3 aromatic carbocycles. The maximum Gasteiger partial charge on any atom is 0.410 e. The van der Waals surface area contributed by atoms with Crippen molar-refractivity contribution in [3.63, 3.8) is 0 Å². The van der Waals surface area contributed by atoms with Gasteiger partial charge in [0.25, 0.3) is 0 Å². The number of carbonyl (C=O) groups is 4. The number of imide groups is 1. The van der Waals surface area contributed by atoms with Gasteiger partial charge in [0.2, 0.25) is 11.8 Å². The molecule has 1 spiro atoms. The number of benzene rings is 3. The summed E-state index contributed by atoms with van der Waals surface area (Å²) in [4.78, 5) is 90.6. The minimum absolute atomic E-state index is 0.00255. The molecule has 8 aliphatic rings. The average molecular weight is 1210 g/mol. The van der Waals surface area contributed by atoms with Crippen molar-refractivity contribution in [2.24, 2.45) is 12.5 Å². The average Bonchev–Trinajstić information content (AvgIpc) is 1.33. The minimum Gasteiger partial charge on any atom is -0.461 e. The van der Waals surface area contributed by atoms with E-state index < -0.39 is 29.1 Å². The first kappa shape index (κ1) is 58.4. The zero-order valence-corrected chi connectivity index (χ0v) is 50.9. The summed E-state index contributed by atoms with van der Waals surface area (Å²) in [5, 5.41) is 4.10. The van der Waals surface area contributed by atoms with E-state index in [0.717, 1.165) is 102 Å². The third kappa shape index (κ3) is 10.2. The molecule has 10 heterocycles. The molecule has 88 heavy (non-hydrogen) atoms. The van der Waals surface area contributed by atoms with Gasteiger partial charge in [-0.05, 0) is 176 Å². The number of pyridine rings is 1. The molecule has 22 heteroatoms. The van der Waals surface area contributed by atoms with Crippen LogP contribution in [0.15, 0.2) is 53.5 Å². The monoisotopic (exact) mass is 1210 g/mol. The Bertz CT molecular complexity index is 3850. The SMILES string of the molecule is CCc1c(F)ccc2cccc(-c3ncc4c(N5CC6CCC(C5)N6C(=O)OC(C)(C)C)nc(OC[C@]56CCCN5[C@H](COC(=O)N5CCC7(CC5)CC(N5CCC(c8cc9c(cc8F)n(C8CCC(=O)NC8=O)c(=O)n9C)CC5)C7)CC6)nc4c3F)c12. The molecule has 3 unspecified atom stereocenters. The summed E-state index contributed by atoms with van der Waals surface area (Å²) >= 11 is 0. The molecule has 7 aliphatic heterocycles. The number of aryl methyl sites for hydroxylation is 2. The molecule has 1 N–H and O–H groups in total. The molecule has 7 saturated heterocycles. The number of fused-ring (bicyclic) bond motifs is 6. The van der Waals surface area contributed by atoms with E-state index in [2.05, 4.69) is 20.0 Å². The number of amides is 4. The molecule has 1 saturated carbocycles. The molecule has 2 bridgehead atoms. The lowest BCUT2D eigenvalue weighted by atomic mass is 9.59. The van der Waals surface area contributed by atoms with Gasteiger partial charge in [0, 0.05) is 69.6 Å². The van der Waals surface area contributed by atoms with Crippen LogP contribution >= 0.6 is 0 Å². The number of nitrogens with one attached hydrogen (secondary N) is 1. The van der Waals surface area contributed by atoms with Crippen molar-refractivity contribution >= 4 is 62.5 Å². The number of piperazine rings is 1. The Morgan fingerprint density at radius 1 is 0.818 bits per heavy atom. The Labute approximate surface area is 508 Å². The van der Waals surface area contributed by atoms with Gasteiger partial charge in [-0.15, -0.1) is 0 Å². The van der Waals surface area contributed by atoms with Gasteiger partial charge >= 0.3 is 23.9 Å². The largest absolute Gasteiger partial charge is 0.461 e. The third-order valence-corrected chi connectivity index (χ3v) is 21.3. The maximum absolute atomic E-state index is 17.6. The molecule has 6 aromatic rings. The van der Waals surface area contributed by atoms with Crippen molar-refractivity contribution in [2.75, 3.05) is 63.9 Å². The van der Waals surface area contributed by atoms with Crippen LogP contribution < -0.4 is 20.6 Å². The molecule has 4 amide bonds. The van der Waals surface area contributed by atoms with Crippen molar-refractivity contribution in [1.29, 1.82) is 0 Å². The number of anilines is 1. The summed E-state index contributed by atoms with van der Waals surface area (Å²) in [5.74, 6) is -1.88. The van der Waals surface area contributed by atoms with Crippen LogP contribution in [0, 0.1) is 22.9 Å². The van der Waals surface area contributed by atoms with E-state index in [1.165, 1.54) is 21.3 Å². The highest BCUT2D eigenvalue weighted by molar-refractivity contribution is 6.01. The van der Waals surface area contributed by atoms with Crippen molar-refractivity contribution in [1.82, 2.24) is 49.0 Å². The maximum atomic E-state index is 17.6. The fourth-order valence-electron chi connectivity index (χ4n) is 16.7. The van der Waals surface area contributed by atoms with Gasteiger partial charge in [0.1, 0.15) is 53.5 Å². The van der Waals surface area contributed by atoms with E-state index in [-0.39, 0.29) is 108 Å². The number of ether oxygens (including phenoxy) is 3. The van der Waals surface area contributed by atoms with E-state index in [1.807, 2.05) is 49.6 Å². The number of nitrogens with zero attached hydrogens (tertiary/aromatic N) is 10. The number of halogens is 3. The normalized spacial score (nSPS) is 25.3. The first-order valence-electron chi connectivity index (χ1n) is 31.9. The number of piperidine rings is 3. The van der Waals surface area contributed by atoms with E-state index in [4.69, 9.17) is 29.2 Å². The predicted molar refractivity (Wildman–Crippen MR) is 324 cm³/mol. The quantitative estimate of drug-likeness (QED) is 0.121. The van der Waals surface area contributed by atoms with Gasteiger partial charge in [0.05, 0.1) is 34.0 Å². The second-order valence-electron chi connectivity index (χ2n) is 27.5. The summed E-state index contributed by atoms with van der Waals surface area (Å²) in [7, 11) is 1.63. The highest BCUT2D eigenvalue weighted by Crippen LogP contribution is 2.52. The number of rotatable bonds is 11. The molecule has 19 nitrogen and oxygen atoms in total. The van der Waals surface area contributed by atoms with Crippen molar-refractivity contribution < 1.29 is 46.6 Å². The molecule has 1 aliphatic carbocycles. The van der Waals surface area contributed by atoms with Crippen LogP contribution in [0.2, 0.25) is 0 Å². The van der Waals surface area contributed by atoms with Gasteiger partial charge in [-0.3, -0.25) is 38.8 Å². The first-order chi connectivity index (χ1) is 42.3. The topological polar surface area (TPSA) is 190 Å². The fraction of sp³-hybridized carbons (Fsp3) is 0.576. The van der Waals surface area contributed by atoms with Crippen LogP contribution in [-0.4, -0.2) is 162 Å². The highest BCUT2D eigenvalue weighted by Gasteiger charge is 2.52. The second-order valence-corrected chi connectivity index (χ2v) is 27.5.